The van der Waals surface area contributed by atoms with E-state index >= 15 is 0 Å². The second kappa shape index (κ2) is 7.36. The maximum atomic E-state index is 12.8. The largest absolute Gasteiger partial charge is 0.354 e. The zero-order valence-electron chi connectivity index (χ0n) is 15.7. The Morgan fingerprint density at radius 1 is 1.19 bits per heavy atom. The van der Waals surface area contributed by atoms with Crippen LogP contribution in [0.1, 0.15) is 21.7 Å². The Kier molecular flexibility index (Phi) is 4.77. The Hall–Kier alpha value is -2.93. The van der Waals surface area contributed by atoms with Gasteiger partial charge in [-0.15, -0.1) is 0 Å². The zero-order valence-corrected chi connectivity index (χ0v) is 15.7. The molecule has 140 valence electrons. The number of aromatic nitrogens is 3. The summed E-state index contributed by atoms with van der Waals surface area (Å²) in [6.07, 6.45) is 1.81. The number of nitrogens with one attached hydrogen (secondary N) is 2. The smallest absolute Gasteiger partial charge is 0.253 e. The lowest BCUT2D eigenvalue weighted by Gasteiger charge is -2.34. The van der Waals surface area contributed by atoms with Gasteiger partial charge in [0.25, 0.3) is 5.91 Å². The fourth-order valence-electron chi connectivity index (χ4n) is 3.48. The number of imidazole rings is 1. The number of piperazine rings is 1. The SMILES string of the molecule is Cc1nc2c(C(=O)NCc3cccnc3N3CCN(C)CC3)cccc2[nH]1. The maximum Gasteiger partial charge on any atom is 0.253 e. The van der Waals surface area contributed by atoms with Crippen molar-refractivity contribution in [1.29, 1.82) is 0 Å². The zero-order chi connectivity index (χ0) is 18.8. The van der Waals surface area contributed by atoms with Crippen molar-refractivity contribution in [3.63, 3.8) is 0 Å². The van der Waals surface area contributed by atoms with Gasteiger partial charge >= 0.3 is 0 Å². The fourth-order valence-corrected chi connectivity index (χ4v) is 3.48. The first kappa shape index (κ1) is 17.5. The van der Waals surface area contributed by atoms with Gasteiger partial charge in [-0.3, -0.25) is 4.79 Å². The van der Waals surface area contributed by atoms with Crippen molar-refractivity contribution in [3.05, 3.63) is 53.5 Å². The summed E-state index contributed by atoms with van der Waals surface area (Å²) in [4.78, 5) is 29.6. The number of hydrogen-bond donors (Lipinski definition) is 2. The molecule has 0 bridgehead atoms. The lowest BCUT2D eigenvalue weighted by molar-refractivity contribution is 0.0952. The molecule has 27 heavy (non-hydrogen) atoms. The Labute approximate surface area is 158 Å². The predicted octanol–water partition coefficient (Wildman–Crippen LogP) is 1.95. The summed E-state index contributed by atoms with van der Waals surface area (Å²) < 4.78 is 0. The van der Waals surface area contributed by atoms with Gasteiger partial charge in [0, 0.05) is 44.5 Å². The molecule has 1 aliphatic rings. The van der Waals surface area contributed by atoms with E-state index in [-0.39, 0.29) is 5.91 Å². The molecule has 0 radical (unpaired) electrons. The number of para-hydroxylation sites is 1. The van der Waals surface area contributed by atoms with Gasteiger partial charge in [0.1, 0.15) is 17.2 Å². The minimum atomic E-state index is -0.125. The second-order valence-corrected chi connectivity index (χ2v) is 6.98. The number of likely N-dealkylation sites (N-methyl/N-ethyl adjacent to an activating group) is 1. The quantitative estimate of drug-likeness (QED) is 0.740. The minimum Gasteiger partial charge on any atom is -0.354 e. The predicted molar refractivity (Wildman–Crippen MR) is 106 cm³/mol. The maximum absolute atomic E-state index is 12.8. The van der Waals surface area contributed by atoms with Crippen molar-refractivity contribution in [2.75, 3.05) is 38.1 Å². The van der Waals surface area contributed by atoms with Crippen molar-refractivity contribution in [2.45, 2.75) is 13.5 Å². The van der Waals surface area contributed by atoms with E-state index in [1.165, 1.54) is 0 Å². The fraction of sp³-hybridized carbons (Fsp3) is 0.350. The number of carbonyl (C=O) groups excluding carboxylic acids is 1. The van der Waals surface area contributed by atoms with Gasteiger partial charge in [-0.05, 0) is 32.2 Å². The Morgan fingerprint density at radius 2 is 2.00 bits per heavy atom. The third-order valence-corrected chi connectivity index (χ3v) is 4.99. The summed E-state index contributed by atoms with van der Waals surface area (Å²) in [6, 6.07) is 9.55. The molecule has 0 unspecified atom stereocenters. The number of hydrogen-bond acceptors (Lipinski definition) is 5. The molecule has 2 N–H and O–H groups in total. The number of anilines is 1. The summed E-state index contributed by atoms with van der Waals surface area (Å²) >= 11 is 0. The third kappa shape index (κ3) is 3.64. The highest BCUT2D eigenvalue weighted by Crippen LogP contribution is 2.20. The van der Waals surface area contributed by atoms with Crippen LogP contribution in [-0.2, 0) is 6.54 Å². The highest BCUT2D eigenvalue weighted by molar-refractivity contribution is 6.04. The average molecular weight is 364 g/mol. The summed E-state index contributed by atoms with van der Waals surface area (Å²) in [5, 5.41) is 3.04. The van der Waals surface area contributed by atoms with Gasteiger partial charge in [-0.1, -0.05) is 12.1 Å². The Morgan fingerprint density at radius 3 is 2.81 bits per heavy atom. The summed E-state index contributed by atoms with van der Waals surface area (Å²) in [6.45, 7) is 6.25. The topological polar surface area (TPSA) is 77.2 Å². The van der Waals surface area contributed by atoms with E-state index in [0.717, 1.165) is 48.9 Å². The molecule has 7 heteroatoms. The average Bonchev–Trinajstić information content (AvgIpc) is 3.07. The van der Waals surface area contributed by atoms with Crippen molar-refractivity contribution >= 4 is 22.8 Å². The summed E-state index contributed by atoms with van der Waals surface area (Å²) in [5.74, 6) is 1.63. The van der Waals surface area contributed by atoms with Crippen LogP contribution in [-0.4, -0.2) is 59.0 Å². The highest BCUT2D eigenvalue weighted by atomic mass is 16.1. The second-order valence-electron chi connectivity index (χ2n) is 6.98. The molecule has 0 aliphatic carbocycles. The van der Waals surface area contributed by atoms with Crippen LogP contribution in [0.5, 0.6) is 0 Å². The minimum absolute atomic E-state index is 0.125. The lowest BCUT2D eigenvalue weighted by atomic mass is 10.1. The molecule has 1 aromatic carbocycles. The number of carbonyl (C=O) groups is 1. The molecular weight excluding hydrogens is 340 g/mol. The number of amides is 1. The van der Waals surface area contributed by atoms with Crippen molar-refractivity contribution in [3.8, 4) is 0 Å². The monoisotopic (exact) mass is 364 g/mol. The molecule has 3 heterocycles. The molecule has 7 nitrogen and oxygen atoms in total. The van der Waals surface area contributed by atoms with Crippen LogP contribution in [0.25, 0.3) is 11.0 Å². The van der Waals surface area contributed by atoms with Crippen LogP contribution in [0.2, 0.25) is 0 Å². The van der Waals surface area contributed by atoms with Gasteiger partial charge < -0.3 is 20.1 Å². The number of aromatic amines is 1. The Balaban J connectivity index is 1.51. The first-order valence-electron chi connectivity index (χ1n) is 9.23. The molecule has 0 saturated carbocycles. The highest BCUT2D eigenvalue weighted by Gasteiger charge is 2.19. The van der Waals surface area contributed by atoms with E-state index in [2.05, 4.69) is 37.1 Å². The summed E-state index contributed by atoms with van der Waals surface area (Å²) in [7, 11) is 2.13. The van der Waals surface area contributed by atoms with E-state index in [1.807, 2.05) is 43.5 Å². The molecule has 3 aromatic rings. The molecule has 4 rings (SSSR count). The molecule has 1 fully saturated rings. The van der Waals surface area contributed by atoms with Crippen LogP contribution >= 0.6 is 0 Å². The molecule has 1 aliphatic heterocycles. The van der Waals surface area contributed by atoms with E-state index in [4.69, 9.17) is 0 Å². The van der Waals surface area contributed by atoms with Crippen LogP contribution in [0.15, 0.2) is 36.5 Å². The van der Waals surface area contributed by atoms with Gasteiger partial charge in [-0.2, -0.15) is 0 Å². The number of pyridine rings is 1. The number of rotatable bonds is 4. The van der Waals surface area contributed by atoms with Crippen LogP contribution in [0.3, 0.4) is 0 Å². The van der Waals surface area contributed by atoms with Crippen LogP contribution in [0.4, 0.5) is 5.82 Å². The first-order valence-corrected chi connectivity index (χ1v) is 9.23. The van der Waals surface area contributed by atoms with Gasteiger partial charge in [0.05, 0.1) is 11.1 Å². The third-order valence-electron chi connectivity index (χ3n) is 4.99. The van der Waals surface area contributed by atoms with Crippen molar-refractivity contribution in [2.24, 2.45) is 0 Å². The van der Waals surface area contributed by atoms with Gasteiger partial charge in [0.2, 0.25) is 0 Å². The normalized spacial score (nSPS) is 15.3. The molecule has 2 aromatic heterocycles. The van der Waals surface area contributed by atoms with Gasteiger partial charge in [-0.25, -0.2) is 9.97 Å². The molecule has 0 spiro atoms. The first-order chi connectivity index (χ1) is 13.1. The van der Waals surface area contributed by atoms with Crippen LogP contribution < -0.4 is 10.2 Å². The number of aryl methyl sites for hydroxylation is 1. The number of benzene rings is 1. The Bertz CT molecular complexity index is 958. The summed E-state index contributed by atoms with van der Waals surface area (Å²) in [5.41, 5.74) is 3.19. The molecule has 1 amide bonds. The number of fused-ring (bicyclic) bond motifs is 1. The number of H-pyrrole nitrogens is 1. The van der Waals surface area contributed by atoms with Gasteiger partial charge in [0.15, 0.2) is 0 Å². The van der Waals surface area contributed by atoms with Crippen molar-refractivity contribution in [1.82, 2.24) is 25.2 Å². The van der Waals surface area contributed by atoms with Crippen LogP contribution in [0, 0.1) is 6.92 Å². The number of nitrogens with zero attached hydrogens (tertiary/aromatic N) is 4. The molecule has 1 saturated heterocycles. The lowest BCUT2D eigenvalue weighted by Crippen LogP contribution is -2.45. The molecule has 0 atom stereocenters. The molecular formula is C20H24N6O. The van der Waals surface area contributed by atoms with E-state index in [1.54, 1.807) is 0 Å². The van der Waals surface area contributed by atoms with E-state index in [9.17, 15) is 4.79 Å². The van der Waals surface area contributed by atoms with E-state index < -0.39 is 0 Å². The standard InChI is InChI=1S/C20H24N6O/c1-14-23-17-7-3-6-16(18(17)24-14)20(27)22-13-15-5-4-8-21-19(15)26-11-9-25(2)10-12-26/h3-8H,9-13H2,1-2H3,(H,22,27)(H,23,24). The van der Waals surface area contributed by atoms with Crippen molar-refractivity contribution < 1.29 is 4.79 Å². The van der Waals surface area contributed by atoms with E-state index in [0.29, 0.717) is 17.6 Å².